The molecule has 0 fully saturated rings. The Hall–Kier alpha value is -2.86. The molecule has 0 saturated heterocycles. The first-order valence-corrected chi connectivity index (χ1v) is 29.9. The Balaban J connectivity index is 0.000000238. The van der Waals surface area contributed by atoms with E-state index < -0.39 is 40.2 Å². The molecule has 0 aliphatic carbocycles. The molecule has 1 radical (unpaired) electrons. The molecule has 0 spiro atoms. The summed E-state index contributed by atoms with van der Waals surface area (Å²) in [6.45, 7) is -5.13. The third-order valence-corrected chi connectivity index (χ3v) is 21.8. The van der Waals surface area contributed by atoms with Gasteiger partial charge in [-0.15, -0.1) is 0 Å². The number of pyridine rings is 2. The van der Waals surface area contributed by atoms with Crippen molar-refractivity contribution in [1.29, 1.82) is 0 Å². The summed E-state index contributed by atoms with van der Waals surface area (Å²) in [5, 5.41) is 2.27. The average molecular weight is 934 g/mol. The molecule has 4 aromatic carbocycles. The number of hydrogen-bond donors (Lipinski definition) is 0. The molecular formula is C41H38Ge2IrN2S-2. The van der Waals surface area contributed by atoms with E-state index in [0.29, 0.717) is 11.3 Å². The van der Waals surface area contributed by atoms with Crippen LogP contribution in [0.3, 0.4) is 0 Å². The Morgan fingerprint density at radius 1 is 0.723 bits per heavy atom. The number of benzene rings is 4. The van der Waals surface area contributed by atoms with Gasteiger partial charge in [-0.25, -0.2) is 0 Å². The van der Waals surface area contributed by atoms with Crippen LogP contribution in [0.4, 0.5) is 0 Å². The van der Waals surface area contributed by atoms with E-state index in [2.05, 4.69) is 99.4 Å². The van der Waals surface area contributed by atoms with Gasteiger partial charge in [0, 0.05) is 20.1 Å². The quantitative estimate of drug-likeness (QED) is 0.131. The predicted molar refractivity (Wildman–Crippen MR) is 205 cm³/mol. The number of aryl methyl sites for hydroxylation is 2. The molecule has 3 aromatic heterocycles. The second-order valence-electron chi connectivity index (χ2n) is 13.3. The van der Waals surface area contributed by atoms with E-state index in [4.69, 9.17) is 8.22 Å². The molecule has 0 unspecified atom stereocenters. The minimum Gasteiger partial charge on any atom is 0 e. The van der Waals surface area contributed by atoms with E-state index in [0.717, 1.165) is 26.0 Å². The average Bonchev–Trinajstić information content (AvgIpc) is 3.58. The van der Waals surface area contributed by atoms with E-state index in [-0.39, 0.29) is 31.2 Å². The van der Waals surface area contributed by atoms with Crippen molar-refractivity contribution in [3.05, 3.63) is 127 Å². The van der Waals surface area contributed by atoms with Crippen LogP contribution in [0.5, 0.6) is 0 Å². The molecule has 0 saturated carbocycles. The van der Waals surface area contributed by atoms with Crippen molar-refractivity contribution in [2.75, 3.05) is 0 Å². The summed E-state index contributed by atoms with van der Waals surface area (Å²) in [5.74, 6) is 12.0. The molecule has 1 aliphatic rings. The van der Waals surface area contributed by atoms with Gasteiger partial charge in [0.25, 0.3) is 0 Å². The summed E-state index contributed by atoms with van der Waals surface area (Å²) in [7, 11) is 0. The maximum atomic E-state index is 7.93. The van der Waals surface area contributed by atoms with Gasteiger partial charge < -0.3 is 0 Å². The molecular weight excluding hydrogens is 890 g/mol. The van der Waals surface area contributed by atoms with Gasteiger partial charge in [0.15, 0.2) is 0 Å². The van der Waals surface area contributed by atoms with Crippen LogP contribution in [-0.2, 0) is 20.1 Å². The van der Waals surface area contributed by atoms with E-state index >= 15 is 0 Å². The van der Waals surface area contributed by atoms with Crippen LogP contribution < -0.4 is 13.2 Å². The van der Waals surface area contributed by atoms with Gasteiger partial charge in [-0.2, -0.15) is 0 Å². The monoisotopic (exact) mass is 937 g/mol. The van der Waals surface area contributed by atoms with Crippen LogP contribution in [0.1, 0.15) is 19.4 Å². The molecule has 6 heteroatoms. The van der Waals surface area contributed by atoms with E-state index in [1.807, 2.05) is 42.6 Å². The SMILES string of the molecule is [2H]C([2H])([2H])c1cnc(-c2[c-]ccc3c2sc2cc4[c](cc23)[Ge]([CH3])([CH3])[c]2ccccc2-4)cc1C([2H])([2H])[2H].[CH3][Ge]([CH3])([CH3])[c]1ccc(-c2[c-]cccc2)nc1.[Ir]. The zero-order chi connectivity index (χ0) is 37.2. The summed E-state index contributed by atoms with van der Waals surface area (Å²) < 4.78 is 53.6. The number of nitrogens with zero attached hydrogens (tertiary/aromatic N) is 2. The van der Waals surface area contributed by atoms with Crippen LogP contribution in [0, 0.1) is 25.8 Å². The molecule has 0 bridgehead atoms. The number of rotatable bonds is 3. The Morgan fingerprint density at radius 3 is 2.23 bits per heavy atom. The van der Waals surface area contributed by atoms with Crippen molar-refractivity contribution in [2.24, 2.45) is 0 Å². The van der Waals surface area contributed by atoms with E-state index in [1.54, 1.807) is 11.3 Å². The fourth-order valence-electron chi connectivity index (χ4n) is 6.27. The third-order valence-electron chi connectivity index (χ3n) is 8.91. The molecule has 8 rings (SSSR count). The minimum absolute atomic E-state index is 0. The first-order valence-electron chi connectivity index (χ1n) is 18.4. The molecule has 2 nitrogen and oxygen atoms in total. The van der Waals surface area contributed by atoms with Crippen LogP contribution in [0.15, 0.2) is 103 Å². The number of hydrogen-bond acceptors (Lipinski definition) is 3. The summed E-state index contributed by atoms with van der Waals surface area (Å²) in [6, 6.07) is 37.4. The van der Waals surface area contributed by atoms with Crippen LogP contribution in [0.25, 0.3) is 53.8 Å². The molecule has 47 heavy (non-hydrogen) atoms. The maximum Gasteiger partial charge on any atom is 0 e. The van der Waals surface area contributed by atoms with Gasteiger partial charge in [-0.05, 0) is 0 Å². The Labute approximate surface area is 310 Å². The molecule has 0 amide bonds. The second kappa shape index (κ2) is 13.2. The first-order chi connectivity index (χ1) is 24.4. The third kappa shape index (κ3) is 6.36. The number of thiophene rings is 1. The van der Waals surface area contributed by atoms with Crippen molar-refractivity contribution in [3.8, 4) is 33.6 Å². The molecule has 1 aliphatic heterocycles. The second-order valence-corrected chi connectivity index (χ2v) is 34.1. The van der Waals surface area contributed by atoms with Gasteiger partial charge in [0.05, 0.1) is 0 Å². The Kier molecular flexibility index (Phi) is 7.59. The Bertz CT molecular complexity index is 2450. The standard InChI is InChI=1S/C27H22GeNS.C14H16GeN.Ir/c1-16-12-25(29-15-17(16)2)20-10-7-9-19-22-13-24-21(14-26(22)30-27(19)20)18-8-5-6-11-23(18)28(24,3)4;1-15(2,3)13-9-10-14(16-11-13)12-7-5-4-6-8-12;/h5-9,11-15H,1-4H3;4-7,9-11H,1-3H3;/q2*-1;/i1D3,2D3;;. The normalized spacial score (nSPS) is 15.4. The maximum absolute atomic E-state index is 7.93. The topological polar surface area (TPSA) is 25.8 Å². The van der Waals surface area contributed by atoms with Crippen molar-refractivity contribution >= 4 is 71.2 Å². The van der Waals surface area contributed by atoms with Crippen LogP contribution in [0.2, 0.25) is 28.8 Å². The largest absolute Gasteiger partial charge is 0 e. The van der Waals surface area contributed by atoms with Crippen molar-refractivity contribution in [2.45, 2.75) is 42.5 Å². The number of fused-ring (bicyclic) bond motifs is 6. The van der Waals surface area contributed by atoms with Crippen LogP contribution in [-0.4, -0.2) is 36.5 Å². The van der Waals surface area contributed by atoms with Crippen molar-refractivity contribution in [1.82, 2.24) is 9.97 Å². The van der Waals surface area contributed by atoms with Gasteiger partial charge >= 0.3 is 292 Å². The van der Waals surface area contributed by atoms with Gasteiger partial charge in [-0.3, -0.25) is 0 Å². The minimum atomic E-state index is -2.57. The van der Waals surface area contributed by atoms with Gasteiger partial charge in [0.2, 0.25) is 0 Å². The smallest absolute Gasteiger partial charge is 0 e. The molecule has 0 atom stereocenters. The summed E-state index contributed by atoms with van der Waals surface area (Å²) in [6.07, 6.45) is 3.22. The zero-order valence-electron chi connectivity index (χ0n) is 33.0. The molecule has 4 heterocycles. The van der Waals surface area contributed by atoms with Gasteiger partial charge in [0.1, 0.15) is 0 Å². The van der Waals surface area contributed by atoms with E-state index in [9.17, 15) is 0 Å². The molecule has 0 N–H and O–H groups in total. The van der Waals surface area contributed by atoms with E-state index in [1.165, 1.54) is 42.0 Å². The van der Waals surface area contributed by atoms with Gasteiger partial charge in [-0.1, -0.05) is 0 Å². The van der Waals surface area contributed by atoms with Crippen molar-refractivity contribution < 1.29 is 28.3 Å². The zero-order valence-corrected chi connectivity index (χ0v) is 34.4. The number of aromatic nitrogens is 2. The fraction of sp³-hybridized carbons (Fsp3) is 0.171. The fourth-order valence-corrected chi connectivity index (χ4v) is 16.1. The molecule has 7 aromatic rings. The van der Waals surface area contributed by atoms with Crippen LogP contribution >= 0.6 is 11.3 Å². The predicted octanol–water partition coefficient (Wildman–Crippen LogP) is 9.43. The van der Waals surface area contributed by atoms with Crippen molar-refractivity contribution in [3.63, 3.8) is 0 Å². The summed E-state index contributed by atoms with van der Waals surface area (Å²) in [5.41, 5.74) is 5.42. The summed E-state index contributed by atoms with van der Waals surface area (Å²) in [4.78, 5) is 8.93. The summed E-state index contributed by atoms with van der Waals surface area (Å²) >= 11 is -2.49. The first kappa shape index (κ1) is 27.0. The molecule has 237 valence electrons. The Morgan fingerprint density at radius 2 is 1.51 bits per heavy atom.